The number of aromatic nitrogens is 10. The van der Waals surface area contributed by atoms with Gasteiger partial charge in [-0.2, -0.15) is 0 Å². The average molecular weight is 485 g/mol. The number of unbranched alkanes of at least 4 members (excludes halogenated alkanes) is 1. The lowest BCUT2D eigenvalue weighted by Gasteiger charge is -2.10. The predicted octanol–water partition coefficient (Wildman–Crippen LogP) is 3.44. The quantitative estimate of drug-likeness (QED) is 0.340. The standard InChI is InChI=1S/C25H28N10O/c1-4-5-8-20-15-34(24-30-27-16-35(24)17(2)3)25(36)33(20)14-19-12-11-18(13-26-19)21-9-6-7-10-22(21)23-28-31-32-29-23/h6-7,9-13,15-17H,4-5,8,14H2,1-3H3,(H,28,29,31,32). The molecule has 1 aromatic carbocycles. The molecule has 0 aliphatic carbocycles. The fraction of sp³-hybridized carbons (Fsp3) is 0.320. The van der Waals surface area contributed by atoms with Crippen LogP contribution in [0.1, 0.15) is 51.0 Å². The van der Waals surface area contributed by atoms with Crippen molar-refractivity contribution in [2.45, 2.75) is 52.6 Å². The van der Waals surface area contributed by atoms with Crippen molar-refractivity contribution in [1.82, 2.24) is 49.5 Å². The average Bonchev–Trinajstić information content (AvgIpc) is 3.65. The molecule has 0 spiro atoms. The number of H-pyrrole nitrogens is 1. The Balaban J connectivity index is 1.47. The van der Waals surface area contributed by atoms with Crippen LogP contribution in [0.2, 0.25) is 0 Å². The normalized spacial score (nSPS) is 11.4. The zero-order chi connectivity index (χ0) is 25.1. The van der Waals surface area contributed by atoms with Gasteiger partial charge in [-0.15, -0.1) is 15.3 Å². The number of imidazole rings is 1. The van der Waals surface area contributed by atoms with Crippen molar-refractivity contribution in [3.63, 3.8) is 0 Å². The van der Waals surface area contributed by atoms with Crippen molar-refractivity contribution in [3.05, 3.63) is 77.0 Å². The Kier molecular flexibility index (Phi) is 6.52. The van der Waals surface area contributed by atoms with Gasteiger partial charge in [0.1, 0.15) is 6.33 Å². The van der Waals surface area contributed by atoms with Gasteiger partial charge in [-0.25, -0.2) is 14.5 Å². The lowest BCUT2D eigenvalue weighted by molar-refractivity contribution is 0.576. The Morgan fingerprint density at radius 1 is 1.06 bits per heavy atom. The Labute approximate surface area is 207 Å². The van der Waals surface area contributed by atoms with E-state index in [2.05, 4.69) is 42.7 Å². The number of tetrazole rings is 1. The third-order valence-electron chi connectivity index (χ3n) is 6.16. The Morgan fingerprint density at radius 3 is 2.58 bits per heavy atom. The van der Waals surface area contributed by atoms with Crippen LogP contribution >= 0.6 is 0 Å². The number of rotatable bonds is 9. The molecule has 0 bridgehead atoms. The van der Waals surface area contributed by atoms with Crippen molar-refractivity contribution in [2.24, 2.45) is 0 Å². The number of nitrogens with one attached hydrogen (secondary N) is 1. The summed E-state index contributed by atoms with van der Waals surface area (Å²) in [4.78, 5) is 18.2. The minimum atomic E-state index is -0.148. The molecular weight excluding hydrogens is 456 g/mol. The molecule has 1 N–H and O–H groups in total. The van der Waals surface area contributed by atoms with Gasteiger partial charge >= 0.3 is 5.69 Å². The maximum atomic E-state index is 13.5. The fourth-order valence-electron chi connectivity index (χ4n) is 4.22. The van der Waals surface area contributed by atoms with Crippen LogP contribution in [0.4, 0.5) is 0 Å². The molecule has 0 fully saturated rings. The molecule has 5 rings (SSSR count). The van der Waals surface area contributed by atoms with E-state index >= 15 is 0 Å². The number of aryl methyl sites for hydroxylation is 1. The SMILES string of the molecule is CCCCc1cn(-c2nncn2C(C)C)c(=O)n1Cc1ccc(-c2ccccc2-c2nnn[nH]2)cn1. The Hall–Kier alpha value is -4.41. The van der Waals surface area contributed by atoms with Gasteiger partial charge in [0.25, 0.3) is 0 Å². The molecule has 5 aromatic rings. The minimum Gasteiger partial charge on any atom is -0.297 e. The lowest BCUT2D eigenvalue weighted by atomic mass is 10.0. The van der Waals surface area contributed by atoms with Crippen molar-refractivity contribution in [1.29, 1.82) is 0 Å². The molecule has 11 nitrogen and oxygen atoms in total. The highest BCUT2D eigenvalue weighted by atomic mass is 16.2. The summed E-state index contributed by atoms with van der Waals surface area (Å²) in [6.07, 6.45) is 8.18. The van der Waals surface area contributed by atoms with E-state index in [-0.39, 0.29) is 11.7 Å². The van der Waals surface area contributed by atoms with E-state index in [1.807, 2.05) is 67.2 Å². The van der Waals surface area contributed by atoms with E-state index in [0.29, 0.717) is 18.3 Å². The second kappa shape index (κ2) is 10.1. The first kappa shape index (κ1) is 23.3. The van der Waals surface area contributed by atoms with Crippen LogP contribution in [0, 0.1) is 0 Å². The summed E-state index contributed by atoms with van der Waals surface area (Å²) in [5.74, 6) is 1.12. The number of hydrogen-bond donors (Lipinski definition) is 1. The van der Waals surface area contributed by atoms with Gasteiger partial charge in [0, 0.05) is 35.3 Å². The van der Waals surface area contributed by atoms with E-state index in [0.717, 1.165) is 47.3 Å². The summed E-state index contributed by atoms with van der Waals surface area (Å²) in [5.41, 5.74) is 4.39. The fourth-order valence-corrected chi connectivity index (χ4v) is 4.22. The molecule has 11 heteroatoms. The third kappa shape index (κ3) is 4.47. The van der Waals surface area contributed by atoms with Gasteiger partial charge < -0.3 is 0 Å². The molecule has 36 heavy (non-hydrogen) atoms. The van der Waals surface area contributed by atoms with Crippen molar-refractivity contribution in [2.75, 3.05) is 0 Å². The maximum Gasteiger partial charge on any atom is 0.335 e. The second-order valence-electron chi connectivity index (χ2n) is 8.93. The maximum absolute atomic E-state index is 13.5. The van der Waals surface area contributed by atoms with Crippen molar-refractivity contribution < 1.29 is 0 Å². The van der Waals surface area contributed by atoms with Gasteiger partial charge in [0.15, 0.2) is 5.82 Å². The van der Waals surface area contributed by atoms with Crippen molar-refractivity contribution in [3.8, 4) is 28.5 Å². The van der Waals surface area contributed by atoms with Crippen molar-refractivity contribution >= 4 is 0 Å². The summed E-state index contributed by atoms with van der Waals surface area (Å²) in [6, 6.07) is 12.0. The van der Waals surface area contributed by atoms with Gasteiger partial charge in [-0.3, -0.25) is 14.1 Å². The van der Waals surface area contributed by atoms with Gasteiger partial charge in [0.05, 0.1) is 12.2 Å². The summed E-state index contributed by atoms with van der Waals surface area (Å²) in [6.45, 7) is 6.58. The van der Waals surface area contributed by atoms with Gasteiger partial charge in [-0.1, -0.05) is 43.7 Å². The summed E-state index contributed by atoms with van der Waals surface area (Å²) in [7, 11) is 0. The molecule has 0 radical (unpaired) electrons. The zero-order valence-corrected chi connectivity index (χ0v) is 20.5. The Bertz CT molecular complexity index is 1490. The molecule has 4 aromatic heterocycles. The number of hydrogen-bond acceptors (Lipinski definition) is 7. The monoisotopic (exact) mass is 484 g/mol. The van der Waals surface area contributed by atoms with E-state index in [1.54, 1.807) is 15.5 Å². The van der Waals surface area contributed by atoms with Crippen LogP contribution < -0.4 is 5.69 Å². The molecular formula is C25H28N10O. The first-order valence-electron chi connectivity index (χ1n) is 12.1. The lowest BCUT2D eigenvalue weighted by Crippen LogP contribution is -2.27. The topological polar surface area (TPSA) is 125 Å². The zero-order valence-electron chi connectivity index (χ0n) is 20.5. The Morgan fingerprint density at radius 2 is 1.89 bits per heavy atom. The molecule has 0 saturated carbocycles. The molecule has 0 aliphatic rings. The number of aromatic amines is 1. The molecule has 0 amide bonds. The molecule has 0 saturated heterocycles. The van der Waals surface area contributed by atoms with Crippen LogP contribution in [0.15, 0.2) is 59.9 Å². The smallest absolute Gasteiger partial charge is 0.297 e. The van der Waals surface area contributed by atoms with Gasteiger partial charge in [0.2, 0.25) is 5.95 Å². The molecule has 0 aliphatic heterocycles. The summed E-state index contributed by atoms with van der Waals surface area (Å²) < 4.78 is 5.27. The molecule has 184 valence electrons. The third-order valence-corrected chi connectivity index (χ3v) is 6.16. The largest absolute Gasteiger partial charge is 0.335 e. The number of pyridine rings is 1. The van der Waals surface area contributed by atoms with E-state index in [1.165, 1.54) is 0 Å². The second-order valence-corrected chi connectivity index (χ2v) is 8.93. The van der Waals surface area contributed by atoms with E-state index < -0.39 is 0 Å². The molecule has 0 unspecified atom stereocenters. The van der Waals surface area contributed by atoms with Crippen LogP contribution in [-0.4, -0.2) is 49.5 Å². The van der Waals surface area contributed by atoms with E-state index in [4.69, 9.17) is 0 Å². The van der Waals surface area contributed by atoms with Gasteiger partial charge in [-0.05, 0) is 48.7 Å². The highest BCUT2D eigenvalue weighted by molar-refractivity contribution is 5.79. The predicted molar refractivity (Wildman–Crippen MR) is 135 cm³/mol. The highest BCUT2D eigenvalue weighted by Gasteiger charge is 2.18. The van der Waals surface area contributed by atoms with Crippen LogP contribution in [0.5, 0.6) is 0 Å². The number of nitrogens with zero attached hydrogens (tertiary/aromatic N) is 9. The molecule has 4 heterocycles. The highest BCUT2D eigenvalue weighted by Crippen LogP contribution is 2.29. The first-order chi connectivity index (χ1) is 17.6. The first-order valence-corrected chi connectivity index (χ1v) is 12.1. The summed E-state index contributed by atoms with van der Waals surface area (Å²) >= 11 is 0. The van der Waals surface area contributed by atoms with Crippen LogP contribution in [-0.2, 0) is 13.0 Å². The van der Waals surface area contributed by atoms with Crippen LogP contribution in [0.25, 0.3) is 28.5 Å². The van der Waals surface area contributed by atoms with E-state index in [9.17, 15) is 4.79 Å². The molecule has 0 atom stereocenters. The summed E-state index contributed by atoms with van der Waals surface area (Å²) in [5, 5.41) is 22.5. The minimum absolute atomic E-state index is 0.133. The van der Waals surface area contributed by atoms with Crippen LogP contribution in [0.3, 0.4) is 0 Å². The number of benzene rings is 1.